The van der Waals surface area contributed by atoms with E-state index in [2.05, 4.69) is 10.2 Å². The number of hydrogen-bond acceptors (Lipinski definition) is 4. The number of likely N-dealkylation sites (tertiary alicyclic amines) is 1. The van der Waals surface area contributed by atoms with Crippen LogP contribution in [0.1, 0.15) is 45.9 Å². The summed E-state index contributed by atoms with van der Waals surface area (Å²) in [5, 5.41) is 8.07. The monoisotopic (exact) mass is 440 g/mol. The number of anilines is 1. The fourth-order valence-corrected chi connectivity index (χ4v) is 4.05. The maximum Gasteiger partial charge on any atom is 0.416 e. The molecule has 0 unspecified atom stereocenters. The third-order valence-electron chi connectivity index (χ3n) is 5.91. The molecule has 32 heavy (non-hydrogen) atoms. The van der Waals surface area contributed by atoms with Crippen molar-refractivity contribution in [2.75, 3.05) is 18.8 Å². The number of carbonyl (C=O) groups excluding carboxylic acids is 1. The highest BCUT2D eigenvalue weighted by Crippen LogP contribution is 2.32. The second-order valence-corrected chi connectivity index (χ2v) is 8.05. The van der Waals surface area contributed by atoms with Gasteiger partial charge in [-0.05, 0) is 66.8 Å². The first-order chi connectivity index (χ1) is 15.2. The minimum Gasteiger partial charge on any atom is -0.382 e. The molecule has 1 aliphatic heterocycles. The third kappa shape index (κ3) is 4.59. The van der Waals surface area contributed by atoms with Gasteiger partial charge >= 0.3 is 6.18 Å². The zero-order valence-corrected chi connectivity index (χ0v) is 17.6. The van der Waals surface area contributed by atoms with Crippen molar-refractivity contribution in [3.63, 3.8) is 0 Å². The van der Waals surface area contributed by atoms with Crippen molar-refractivity contribution in [1.82, 2.24) is 15.1 Å². The number of carbonyl (C=O) groups is 1. The van der Waals surface area contributed by atoms with Crippen molar-refractivity contribution in [2.45, 2.75) is 31.9 Å². The van der Waals surface area contributed by atoms with Crippen LogP contribution >= 0.6 is 0 Å². The normalized spacial score (nSPS) is 15.1. The number of benzene rings is 2. The van der Waals surface area contributed by atoms with Gasteiger partial charge in [0.15, 0.2) is 0 Å². The summed E-state index contributed by atoms with van der Waals surface area (Å²) in [6.07, 6.45) is -2.77. The topological polar surface area (TPSA) is 72.1 Å². The summed E-state index contributed by atoms with van der Waals surface area (Å²) < 4.78 is 38.4. The molecule has 0 atom stereocenters. The molecule has 1 aromatic heterocycles. The minimum atomic E-state index is -4.36. The number of rotatable bonds is 3. The number of nitrogens with zero attached hydrogens (tertiary/aromatic N) is 3. The number of nitrogen functional groups attached to an aromatic ring is 1. The molecule has 0 aliphatic carbocycles. The van der Waals surface area contributed by atoms with Crippen molar-refractivity contribution >= 4 is 11.7 Å². The van der Waals surface area contributed by atoms with Gasteiger partial charge in [-0.2, -0.15) is 18.3 Å². The van der Waals surface area contributed by atoms with Gasteiger partial charge in [-0.25, -0.2) is 0 Å². The van der Waals surface area contributed by atoms with Gasteiger partial charge in [0.2, 0.25) is 0 Å². The number of alkyl halides is 3. The molecule has 0 spiro atoms. The Morgan fingerprint density at radius 1 is 0.969 bits per heavy atom. The number of hydrogen-bond donors (Lipinski definition) is 1. The van der Waals surface area contributed by atoms with Crippen molar-refractivity contribution in [3.05, 3.63) is 77.0 Å². The Hall–Kier alpha value is -3.42. The van der Waals surface area contributed by atoms with Crippen LogP contribution in [0.3, 0.4) is 0 Å². The van der Waals surface area contributed by atoms with Gasteiger partial charge in [-0.3, -0.25) is 4.79 Å². The lowest BCUT2D eigenvalue weighted by atomic mass is 9.92. The first-order valence-electron chi connectivity index (χ1n) is 10.4. The average molecular weight is 440 g/mol. The molecule has 2 aromatic carbocycles. The van der Waals surface area contributed by atoms with Gasteiger partial charge in [0.05, 0.1) is 11.3 Å². The summed E-state index contributed by atoms with van der Waals surface area (Å²) in [4.78, 5) is 14.9. The summed E-state index contributed by atoms with van der Waals surface area (Å²) >= 11 is 0. The third-order valence-corrected chi connectivity index (χ3v) is 5.91. The number of piperidine rings is 1. The lowest BCUT2D eigenvalue weighted by molar-refractivity contribution is -0.137. The van der Waals surface area contributed by atoms with Crippen molar-refractivity contribution < 1.29 is 18.0 Å². The second-order valence-electron chi connectivity index (χ2n) is 8.05. The molecule has 5 nitrogen and oxygen atoms in total. The molecule has 1 aliphatic rings. The second kappa shape index (κ2) is 8.61. The lowest BCUT2D eigenvalue weighted by Gasteiger charge is -2.32. The summed E-state index contributed by atoms with van der Waals surface area (Å²) in [6, 6.07) is 14.0. The number of amides is 1. The molecule has 2 N–H and O–H groups in total. The Morgan fingerprint density at radius 2 is 1.62 bits per heavy atom. The Labute approximate surface area is 184 Å². The van der Waals surface area contributed by atoms with Crippen LogP contribution in [-0.2, 0) is 6.18 Å². The zero-order valence-electron chi connectivity index (χ0n) is 17.6. The molecule has 0 radical (unpaired) electrons. The fourth-order valence-electron chi connectivity index (χ4n) is 4.05. The maximum atomic E-state index is 13.1. The number of aryl methyl sites for hydroxylation is 1. The molecule has 4 rings (SSSR count). The van der Waals surface area contributed by atoms with Gasteiger partial charge in [-0.1, -0.05) is 24.3 Å². The van der Waals surface area contributed by atoms with Crippen LogP contribution in [0.15, 0.2) is 54.6 Å². The predicted molar refractivity (Wildman–Crippen MR) is 116 cm³/mol. The summed E-state index contributed by atoms with van der Waals surface area (Å²) in [6.45, 7) is 3.09. The van der Waals surface area contributed by atoms with E-state index in [0.29, 0.717) is 30.0 Å². The molecule has 0 saturated carbocycles. The van der Waals surface area contributed by atoms with Crippen LogP contribution < -0.4 is 5.73 Å². The van der Waals surface area contributed by atoms with E-state index in [1.807, 2.05) is 24.0 Å². The van der Waals surface area contributed by atoms with E-state index in [4.69, 9.17) is 5.73 Å². The molecular weight excluding hydrogens is 417 g/mol. The van der Waals surface area contributed by atoms with Crippen LogP contribution in [0.2, 0.25) is 0 Å². The van der Waals surface area contributed by atoms with Crippen LogP contribution in [0.4, 0.5) is 19.0 Å². The first-order valence-corrected chi connectivity index (χ1v) is 10.4. The summed E-state index contributed by atoms with van der Waals surface area (Å²) in [7, 11) is 0. The van der Waals surface area contributed by atoms with E-state index in [9.17, 15) is 18.0 Å². The molecule has 8 heteroatoms. The van der Waals surface area contributed by atoms with Crippen molar-refractivity contribution in [1.29, 1.82) is 0 Å². The van der Waals surface area contributed by atoms with Crippen molar-refractivity contribution in [3.8, 4) is 11.1 Å². The molecule has 1 saturated heterocycles. The minimum absolute atomic E-state index is 0.0386. The average Bonchev–Trinajstić information content (AvgIpc) is 2.79. The number of halogens is 3. The molecule has 1 fully saturated rings. The molecule has 3 aromatic rings. The first kappa shape index (κ1) is 21.8. The number of nitrogens with two attached hydrogens (primary N) is 1. The molecule has 2 heterocycles. The van der Waals surface area contributed by atoms with Crippen LogP contribution in [0.5, 0.6) is 0 Å². The Morgan fingerprint density at radius 3 is 2.19 bits per heavy atom. The zero-order chi connectivity index (χ0) is 22.9. The number of aromatic nitrogens is 2. The smallest absolute Gasteiger partial charge is 0.382 e. The highest BCUT2D eigenvalue weighted by Gasteiger charge is 2.30. The van der Waals surface area contributed by atoms with E-state index < -0.39 is 11.7 Å². The van der Waals surface area contributed by atoms with Gasteiger partial charge in [0, 0.05) is 24.6 Å². The predicted octanol–water partition coefficient (Wildman–Crippen LogP) is 5.07. The largest absolute Gasteiger partial charge is 0.416 e. The quantitative estimate of drug-likeness (QED) is 0.617. The lowest BCUT2D eigenvalue weighted by Crippen LogP contribution is -2.38. The SMILES string of the molecule is Cc1cc(-c2ccc(C(F)(F)F)cc2)ccc1C(=O)N1CCC(c2ccc(N)nn2)CC1. The van der Waals surface area contributed by atoms with Gasteiger partial charge in [0.1, 0.15) is 5.82 Å². The van der Waals surface area contributed by atoms with E-state index in [1.165, 1.54) is 12.1 Å². The van der Waals surface area contributed by atoms with Gasteiger partial charge < -0.3 is 10.6 Å². The van der Waals surface area contributed by atoms with E-state index in [0.717, 1.165) is 41.8 Å². The van der Waals surface area contributed by atoms with E-state index in [-0.39, 0.29) is 11.8 Å². The van der Waals surface area contributed by atoms with E-state index in [1.54, 1.807) is 18.2 Å². The Kier molecular flexibility index (Phi) is 5.86. The van der Waals surface area contributed by atoms with Crippen LogP contribution in [0.25, 0.3) is 11.1 Å². The van der Waals surface area contributed by atoms with Crippen LogP contribution in [-0.4, -0.2) is 34.1 Å². The Balaban J connectivity index is 1.44. The van der Waals surface area contributed by atoms with Gasteiger partial charge in [-0.15, -0.1) is 5.10 Å². The molecule has 166 valence electrons. The molecular formula is C24H23F3N4O. The molecule has 1 amide bonds. The fraction of sp³-hybridized carbons (Fsp3) is 0.292. The highest BCUT2D eigenvalue weighted by molar-refractivity contribution is 5.96. The highest BCUT2D eigenvalue weighted by atomic mass is 19.4. The maximum absolute atomic E-state index is 13.1. The van der Waals surface area contributed by atoms with Crippen LogP contribution in [0, 0.1) is 6.92 Å². The summed E-state index contributed by atoms with van der Waals surface area (Å²) in [5.74, 6) is 0.593. The standard InChI is InChI=1S/C24H23F3N4O/c1-15-14-18(16-2-5-19(6-3-16)24(25,26)27)4-7-20(15)23(32)31-12-10-17(11-13-31)21-8-9-22(28)30-29-21/h2-9,14,17H,10-13H2,1H3,(H2,28,30). The summed E-state index contributed by atoms with van der Waals surface area (Å²) in [5.41, 5.74) is 8.64. The van der Waals surface area contributed by atoms with Crippen molar-refractivity contribution in [2.24, 2.45) is 0 Å². The van der Waals surface area contributed by atoms with E-state index >= 15 is 0 Å². The Bertz CT molecular complexity index is 1100. The van der Waals surface area contributed by atoms with Gasteiger partial charge in [0.25, 0.3) is 5.91 Å². The molecule has 0 bridgehead atoms.